The van der Waals surface area contributed by atoms with Gasteiger partial charge in [-0.2, -0.15) is 0 Å². The van der Waals surface area contributed by atoms with Crippen LogP contribution in [0, 0.1) is 0 Å². The maximum Gasteiger partial charge on any atom is 0.248 e. The Bertz CT molecular complexity index is 819. The van der Waals surface area contributed by atoms with Gasteiger partial charge in [-0.05, 0) is 35.9 Å². The zero-order valence-corrected chi connectivity index (χ0v) is 14.8. The summed E-state index contributed by atoms with van der Waals surface area (Å²) in [5, 5.41) is 6.48. The molecule has 7 heteroatoms. The Morgan fingerprint density at radius 2 is 1.75 bits per heavy atom. The predicted octanol–water partition coefficient (Wildman–Crippen LogP) is 5.26. The lowest BCUT2D eigenvalue weighted by atomic mass is 10.2. The van der Waals surface area contributed by atoms with Gasteiger partial charge in [-0.1, -0.05) is 46.9 Å². The summed E-state index contributed by atoms with van der Waals surface area (Å²) >= 11 is 17.9. The standard InChI is InChI=1S/C17H13Cl3N2O2/c1-10(23)21-14-7-6-12(18)9-15(14)22-16(24)8-5-11-3-2-4-13(19)17(11)20/h2-9H,1H3,(H,21,23)(H,22,24)/b8-5+. The van der Waals surface area contributed by atoms with Gasteiger partial charge in [0.05, 0.1) is 21.4 Å². The largest absolute Gasteiger partial charge is 0.325 e. The second-order valence-corrected chi connectivity index (χ2v) is 6.06. The molecule has 0 spiro atoms. The number of benzene rings is 2. The van der Waals surface area contributed by atoms with Crippen LogP contribution in [-0.4, -0.2) is 11.8 Å². The highest BCUT2D eigenvalue weighted by molar-refractivity contribution is 6.42. The maximum absolute atomic E-state index is 12.1. The molecule has 0 aromatic heterocycles. The van der Waals surface area contributed by atoms with Crippen molar-refractivity contribution in [2.45, 2.75) is 6.92 Å². The van der Waals surface area contributed by atoms with Crippen molar-refractivity contribution in [3.8, 4) is 0 Å². The molecule has 24 heavy (non-hydrogen) atoms. The minimum Gasteiger partial charge on any atom is -0.325 e. The van der Waals surface area contributed by atoms with Crippen molar-refractivity contribution in [1.82, 2.24) is 0 Å². The quantitative estimate of drug-likeness (QED) is 0.708. The van der Waals surface area contributed by atoms with E-state index in [4.69, 9.17) is 34.8 Å². The van der Waals surface area contributed by atoms with E-state index in [1.54, 1.807) is 42.5 Å². The van der Waals surface area contributed by atoms with Gasteiger partial charge in [-0.25, -0.2) is 0 Å². The highest BCUT2D eigenvalue weighted by Gasteiger charge is 2.08. The number of hydrogen-bond acceptors (Lipinski definition) is 2. The first-order chi connectivity index (χ1) is 11.4. The number of nitrogens with one attached hydrogen (secondary N) is 2. The first-order valence-electron chi connectivity index (χ1n) is 6.87. The number of carbonyl (C=O) groups is 2. The third-order valence-corrected chi connectivity index (χ3v) is 4.01. The Hall–Kier alpha value is -2.01. The second-order valence-electron chi connectivity index (χ2n) is 4.84. The zero-order chi connectivity index (χ0) is 17.7. The molecule has 0 atom stereocenters. The summed E-state index contributed by atoms with van der Waals surface area (Å²) in [6.07, 6.45) is 2.86. The summed E-state index contributed by atoms with van der Waals surface area (Å²) in [5.74, 6) is -0.658. The molecule has 2 N–H and O–H groups in total. The fourth-order valence-electron chi connectivity index (χ4n) is 1.91. The molecule has 2 rings (SSSR count). The SMILES string of the molecule is CC(=O)Nc1ccc(Cl)cc1NC(=O)/C=C/c1cccc(Cl)c1Cl. The van der Waals surface area contributed by atoms with Crippen molar-refractivity contribution >= 4 is 64.1 Å². The van der Waals surface area contributed by atoms with Gasteiger partial charge in [-0.3, -0.25) is 9.59 Å². The van der Waals surface area contributed by atoms with Crippen LogP contribution in [0.4, 0.5) is 11.4 Å². The molecule has 0 aliphatic carbocycles. The molecule has 0 bridgehead atoms. The van der Waals surface area contributed by atoms with E-state index in [1.807, 2.05) is 0 Å². The summed E-state index contributed by atoms with van der Waals surface area (Å²) < 4.78 is 0. The van der Waals surface area contributed by atoms with Crippen LogP contribution in [0.5, 0.6) is 0 Å². The summed E-state index contributed by atoms with van der Waals surface area (Å²) in [4.78, 5) is 23.3. The average Bonchev–Trinajstić information content (AvgIpc) is 2.51. The highest BCUT2D eigenvalue weighted by atomic mass is 35.5. The second kappa shape index (κ2) is 8.20. The van der Waals surface area contributed by atoms with E-state index in [1.165, 1.54) is 13.0 Å². The van der Waals surface area contributed by atoms with Crippen molar-refractivity contribution in [1.29, 1.82) is 0 Å². The molecule has 0 saturated heterocycles. The molecule has 0 aliphatic heterocycles. The number of anilines is 2. The van der Waals surface area contributed by atoms with E-state index in [0.717, 1.165) is 0 Å². The van der Waals surface area contributed by atoms with Crippen molar-refractivity contribution in [3.63, 3.8) is 0 Å². The molecule has 0 unspecified atom stereocenters. The first-order valence-corrected chi connectivity index (χ1v) is 8.00. The van der Waals surface area contributed by atoms with Crippen LogP contribution in [0.2, 0.25) is 15.1 Å². The fourth-order valence-corrected chi connectivity index (χ4v) is 2.45. The molecule has 0 heterocycles. The summed E-state index contributed by atoms with van der Waals surface area (Å²) in [6.45, 7) is 1.38. The van der Waals surface area contributed by atoms with Crippen molar-refractivity contribution in [2.24, 2.45) is 0 Å². The van der Waals surface area contributed by atoms with Crippen LogP contribution in [0.15, 0.2) is 42.5 Å². The van der Waals surface area contributed by atoms with Gasteiger partial charge >= 0.3 is 0 Å². The van der Waals surface area contributed by atoms with Gasteiger partial charge in [0.25, 0.3) is 0 Å². The fraction of sp³-hybridized carbons (Fsp3) is 0.0588. The molecule has 0 radical (unpaired) electrons. The molecule has 2 aromatic carbocycles. The summed E-state index contributed by atoms with van der Waals surface area (Å²) in [6, 6.07) is 9.90. The van der Waals surface area contributed by atoms with Crippen molar-refractivity contribution in [2.75, 3.05) is 10.6 Å². The van der Waals surface area contributed by atoms with E-state index in [2.05, 4.69) is 10.6 Å². The van der Waals surface area contributed by atoms with E-state index in [-0.39, 0.29) is 5.91 Å². The molecule has 4 nitrogen and oxygen atoms in total. The number of hydrogen-bond donors (Lipinski definition) is 2. The molecule has 124 valence electrons. The van der Waals surface area contributed by atoms with E-state index in [0.29, 0.717) is 32.0 Å². The molecule has 2 amide bonds. The normalized spacial score (nSPS) is 10.7. The van der Waals surface area contributed by atoms with Crippen LogP contribution >= 0.6 is 34.8 Å². The number of halogens is 3. The van der Waals surface area contributed by atoms with Crippen LogP contribution in [0.1, 0.15) is 12.5 Å². The number of carbonyl (C=O) groups excluding carboxylic acids is 2. The lowest BCUT2D eigenvalue weighted by Gasteiger charge is -2.10. The monoisotopic (exact) mass is 382 g/mol. The minimum atomic E-state index is -0.403. The maximum atomic E-state index is 12.1. The molecule has 0 saturated carbocycles. The van der Waals surface area contributed by atoms with Gasteiger partial charge < -0.3 is 10.6 Å². The van der Waals surface area contributed by atoms with Gasteiger partial charge in [0.15, 0.2) is 0 Å². The molecule has 0 fully saturated rings. The van der Waals surface area contributed by atoms with Crippen molar-refractivity contribution < 1.29 is 9.59 Å². The minimum absolute atomic E-state index is 0.255. The highest BCUT2D eigenvalue weighted by Crippen LogP contribution is 2.27. The van der Waals surface area contributed by atoms with E-state index >= 15 is 0 Å². The summed E-state index contributed by atoms with van der Waals surface area (Å²) in [7, 11) is 0. The average molecular weight is 384 g/mol. The zero-order valence-electron chi connectivity index (χ0n) is 12.6. The topological polar surface area (TPSA) is 58.2 Å². The third-order valence-electron chi connectivity index (χ3n) is 2.95. The molecule has 0 aliphatic rings. The molecular weight excluding hydrogens is 371 g/mol. The first kappa shape index (κ1) is 18.3. The van der Waals surface area contributed by atoms with Crippen LogP contribution < -0.4 is 10.6 Å². The Morgan fingerprint density at radius 1 is 1.00 bits per heavy atom. The molecule has 2 aromatic rings. The van der Waals surface area contributed by atoms with Gasteiger partial charge in [0.1, 0.15) is 0 Å². The van der Waals surface area contributed by atoms with Crippen LogP contribution in [0.3, 0.4) is 0 Å². The van der Waals surface area contributed by atoms with E-state index < -0.39 is 5.91 Å². The number of rotatable bonds is 4. The van der Waals surface area contributed by atoms with Crippen molar-refractivity contribution in [3.05, 3.63) is 63.1 Å². The lowest BCUT2D eigenvalue weighted by molar-refractivity contribution is -0.114. The predicted molar refractivity (Wildman–Crippen MR) is 99.9 cm³/mol. The van der Waals surface area contributed by atoms with E-state index in [9.17, 15) is 9.59 Å². The molecular formula is C17H13Cl3N2O2. The van der Waals surface area contributed by atoms with Gasteiger partial charge in [0.2, 0.25) is 11.8 Å². The summed E-state index contributed by atoms with van der Waals surface area (Å²) in [5.41, 5.74) is 1.46. The lowest BCUT2D eigenvalue weighted by Crippen LogP contribution is -2.13. The Kier molecular flexibility index (Phi) is 6.26. The van der Waals surface area contributed by atoms with Gasteiger partial charge in [0, 0.05) is 18.0 Å². The van der Waals surface area contributed by atoms with Crippen LogP contribution in [0.25, 0.3) is 6.08 Å². The Balaban J connectivity index is 2.17. The number of amides is 2. The smallest absolute Gasteiger partial charge is 0.248 e. The van der Waals surface area contributed by atoms with Gasteiger partial charge in [-0.15, -0.1) is 0 Å². The third kappa shape index (κ3) is 4.99. The Morgan fingerprint density at radius 3 is 2.46 bits per heavy atom. The Labute approximate surface area is 154 Å². The van der Waals surface area contributed by atoms with Crippen LogP contribution in [-0.2, 0) is 9.59 Å².